The van der Waals surface area contributed by atoms with Gasteiger partial charge in [-0.25, -0.2) is 18.2 Å². The summed E-state index contributed by atoms with van der Waals surface area (Å²) >= 11 is 3.38. The fourth-order valence-electron chi connectivity index (χ4n) is 1.77. The number of nitrogens with zero attached hydrogens (tertiary/aromatic N) is 2. The zero-order valence-electron chi connectivity index (χ0n) is 9.88. The second kappa shape index (κ2) is 4.49. The van der Waals surface area contributed by atoms with Crippen LogP contribution in [0.3, 0.4) is 0 Å². The quantitative estimate of drug-likeness (QED) is 0.913. The van der Waals surface area contributed by atoms with Gasteiger partial charge >= 0.3 is 0 Å². The lowest BCUT2D eigenvalue weighted by Crippen LogP contribution is -2.13. The number of nitrogens with two attached hydrogens (primary N) is 1. The van der Waals surface area contributed by atoms with E-state index in [0.29, 0.717) is 5.69 Å². The normalized spacial score (nSPS) is 11.8. The first-order chi connectivity index (χ1) is 8.30. The number of aryl methyl sites for hydroxylation is 1. The molecule has 0 fully saturated rings. The van der Waals surface area contributed by atoms with Gasteiger partial charge in [0.25, 0.3) is 0 Å². The number of rotatable bonds is 2. The van der Waals surface area contributed by atoms with Gasteiger partial charge in [-0.3, -0.25) is 0 Å². The molecule has 0 bridgehead atoms. The molecule has 0 amide bonds. The van der Waals surface area contributed by atoms with Crippen molar-refractivity contribution < 1.29 is 8.42 Å². The van der Waals surface area contributed by atoms with Gasteiger partial charge in [-0.05, 0) is 37.6 Å². The molecule has 0 saturated carbocycles. The average Bonchev–Trinajstić information content (AvgIpc) is 2.60. The van der Waals surface area contributed by atoms with Gasteiger partial charge in [0.1, 0.15) is 4.90 Å². The molecule has 0 radical (unpaired) electrons. The molecular formula is C11H12BrN3O2S. The zero-order valence-corrected chi connectivity index (χ0v) is 12.3. The Bertz CT molecular complexity index is 707. The predicted molar refractivity (Wildman–Crippen MR) is 72.1 cm³/mol. The minimum absolute atomic E-state index is 0.0461. The topological polar surface area (TPSA) is 78.0 Å². The van der Waals surface area contributed by atoms with E-state index in [1.165, 1.54) is 6.20 Å². The zero-order chi connectivity index (χ0) is 13.5. The van der Waals surface area contributed by atoms with Crippen molar-refractivity contribution in [3.8, 4) is 5.69 Å². The third kappa shape index (κ3) is 2.33. The van der Waals surface area contributed by atoms with Crippen LogP contribution in [0.25, 0.3) is 5.69 Å². The summed E-state index contributed by atoms with van der Waals surface area (Å²) in [6.45, 7) is 3.60. The molecule has 1 aromatic carbocycles. The molecule has 0 aliphatic rings. The standard InChI is InChI=1S/C11H12BrN3O2S/c1-7-5-9(12)3-4-10(7)15-8(2)11(6-14-15)18(13,16)17/h3-6H,1-2H3,(H2,13,16,17). The number of hydrogen-bond donors (Lipinski definition) is 1. The second-order valence-electron chi connectivity index (χ2n) is 3.98. The Morgan fingerprint density at radius 1 is 1.33 bits per heavy atom. The highest BCUT2D eigenvalue weighted by Crippen LogP contribution is 2.22. The minimum Gasteiger partial charge on any atom is -0.236 e. The Balaban J connectivity index is 2.63. The van der Waals surface area contributed by atoms with Crippen LogP contribution in [0.15, 0.2) is 33.8 Å². The molecule has 96 valence electrons. The maximum absolute atomic E-state index is 11.4. The summed E-state index contributed by atoms with van der Waals surface area (Å²) in [5, 5.41) is 9.21. The van der Waals surface area contributed by atoms with Crippen molar-refractivity contribution in [3.63, 3.8) is 0 Å². The molecule has 2 rings (SSSR count). The average molecular weight is 330 g/mol. The van der Waals surface area contributed by atoms with Crippen LogP contribution in [0.5, 0.6) is 0 Å². The summed E-state index contributed by atoms with van der Waals surface area (Å²) in [5.41, 5.74) is 2.31. The largest absolute Gasteiger partial charge is 0.241 e. The summed E-state index contributed by atoms with van der Waals surface area (Å²) in [6, 6.07) is 5.68. The molecule has 2 aromatic rings. The van der Waals surface area contributed by atoms with E-state index in [9.17, 15) is 8.42 Å². The molecule has 0 saturated heterocycles. The van der Waals surface area contributed by atoms with Crippen LogP contribution in [0, 0.1) is 13.8 Å². The molecule has 2 N–H and O–H groups in total. The van der Waals surface area contributed by atoms with Crippen LogP contribution < -0.4 is 5.14 Å². The van der Waals surface area contributed by atoms with Gasteiger partial charge in [-0.2, -0.15) is 5.10 Å². The number of primary sulfonamides is 1. The minimum atomic E-state index is -3.73. The molecule has 0 spiro atoms. The van der Waals surface area contributed by atoms with Crippen LogP contribution in [0.4, 0.5) is 0 Å². The Morgan fingerprint density at radius 3 is 2.50 bits per heavy atom. The van der Waals surface area contributed by atoms with Gasteiger partial charge in [0, 0.05) is 4.47 Å². The third-order valence-corrected chi connectivity index (χ3v) is 4.17. The highest BCUT2D eigenvalue weighted by atomic mass is 79.9. The molecule has 18 heavy (non-hydrogen) atoms. The smallest absolute Gasteiger partial charge is 0.236 e. The van der Waals surface area contributed by atoms with Gasteiger partial charge in [-0.15, -0.1) is 0 Å². The first kappa shape index (κ1) is 13.3. The van der Waals surface area contributed by atoms with Gasteiger partial charge in [-0.1, -0.05) is 15.9 Å². The van der Waals surface area contributed by atoms with E-state index in [2.05, 4.69) is 21.0 Å². The third-order valence-electron chi connectivity index (χ3n) is 2.66. The Hall–Kier alpha value is -1.18. The van der Waals surface area contributed by atoms with Crippen molar-refractivity contribution in [2.24, 2.45) is 5.14 Å². The first-order valence-electron chi connectivity index (χ1n) is 5.14. The van der Waals surface area contributed by atoms with Crippen molar-refractivity contribution in [1.82, 2.24) is 9.78 Å². The molecule has 1 aromatic heterocycles. The van der Waals surface area contributed by atoms with Crippen molar-refractivity contribution >= 4 is 26.0 Å². The molecule has 0 aliphatic carbocycles. The molecule has 0 atom stereocenters. The van der Waals surface area contributed by atoms with Gasteiger partial charge in [0.05, 0.1) is 17.6 Å². The first-order valence-corrected chi connectivity index (χ1v) is 7.48. The number of sulfonamides is 1. The van der Waals surface area contributed by atoms with Gasteiger partial charge < -0.3 is 0 Å². The van der Waals surface area contributed by atoms with Crippen LogP contribution >= 0.6 is 15.9 Å². The fourth-order valence-corrected chi connectivity index (χ4v) is 2.94. The van der Waals surface area contributed by atoms with Crippen molar-refractivity contribution in [1.29, 1.82) is 0 Å². The highest BCUT2D eigenvalue weighted by molar-refractivity contribution is 9.10. The molecule has 7 heteroatoms. The number of aromatic nitrogens is 2. The van der Waals surface area contributed by atoms with E-state index < -0.39 is 10.0 Å². The summed E-state index contributed by atoms with van der Waals surface area (Å²) in [5.74, 6) is 0. The SMILES string of the molecule is Cc1cc(Br)ccc1-n1ncc(S(N)(=O)=O)c1C. The lowest BCUT2D eigenvalue weighted by molar-refractivity contribution is 0.597. The van der Waals surface area contributed by atoms with Crippen LogP contribution in [-0.4, -0.2) is 18.2 Å². The fraction of sp³-hybridized carbons (Fsp3) is 0.182. The molecule has 0 unspecified atom stereocenters. The summed E-state index contributed by atoms with van der Waals surface area (Å²) in [7, 11) is -3.73. The van der Waals surface area contributed by atoms with Gasteiger partial charge in [0.15, 0.2) is 0 Å². The Kier molecular flexibility index (Phi) is 3.31. The van der Waals surface area contributed by atoms with Crippen LogP contribution in [-0.2, 0) is 10.0 Å². The van der Waals surface area contributed by atoms with Crippen molar-refractivity contribution in [2.45, 2.75) is 18.7 Å². The van der Waals surface area contributed by atoms with Gasteiger partial charge in [0.2, 0.25) is 10.0 Å². The second-order valence-corrected chi connectivity index (χ2v) is 6.43. The van der Waals surface area contributed by atoms with E-state index in [1.54, 1.807) is 11.6 Å². The summed E-state index contributed by atoms with van der Waals surface area (Å²) < 4.78 is 25.2. The monoisotopic (exact) mass is 329 g/mol. The van der Waals surface area contributed by atoms with E-state index >= 15 is 0 Å². The maximum atomic E-state index is 11.4. The van der Waals surface area contributed by atoms with Crippen LogP contribution in [0.2, 0.25) is 0 Å². The number of halogens is 1. The Morgan fingerprint density at radius 2 is 2.00 bits per heavy atom. The lowest BCUT2D eigenvalue weighted by atomic mass is 10.2. The van der Waals surface area contributed by atoms with Crippen LogP contribution in [0.1, 0.15) is 11.3 Å². The highest BCUT2D eigenvalue weighted by Gasteiger charge is 2.17. The van der Waals surface area contributed by atoms with E-state index in [0.717, 1.165) is 15.7 Å². The van der Waals surface area contributed by atoms with E-state index in [1.807, 2.05) is 25.1 Å². The van der Waals surface area contributed by atoms with Crippen molar-refractivity contribution in [3.05, 3.63) is 40.1 Å². The molecule has 1 heterocycles. The number of hydrogen-bond acceptors (Lipinski definition) is 3. The molecule has 0 aliphatic heterocycles. The van der Waals surface area contributed by atoms with E-state index in [4.69, 9.17) is 5.14 Å². The van der Waals surface area contributed by atoms with E-state index in [-0.39, 0.29) is 4.90 Å². The number of benzene rings is 1. The summed E-state index contributed by atoms with van der Waals surface area (Å²) in [4.78, 5) is 0.0461. The van der Waals surface area contributed by atoms with Crippen molar-refractivity contribution in [2.75, 3.05) is 0 Å². The maximum Gasteiger partial charge on any atom is 0.241 e. The predicted octanol–water partition coefficient (Wildman–Crippen LogP) is 1.90. The molecule has 5 nitrogen and oxygen atoms in total. The molecular weight excluding hydrogens is 318 g/mol. The Labute approximate surface area is 114 Å². The summed E-state index contributed by atoms with van der Waals surface area (Å²) in [6.07, 6.45) is 1.27. The lowest BCUT2D eigenvalue weighted by Gasteiger charge is -2.08.